The Labute approximate surface area is 142 Å². The van der Waals surface area contributed by atoms with Crippen molar-refractivity contribution in [3.8, 4) is 5.75 Å². The predicted octanol–water partition coefficient (Wildman–Crippen LogP) is 4.54. The molecule has 0 N–H and O–H groups in total. The highest BCUT2D eigenvalue weighted by Gasteiger charge is 2.60. The van der Waals surface area contributed by atoms with Gasteiger partial charge in [-0.05, 0) is 72.7 Å². The largest absolute Gasteiger partial charge is 0.497 e. The highest BCUT2D eigenvalue weighted by molar-refractivity contribution is 5.87. The summed E-state index contributed by atoms with van der Waals surface area (Å²) in [6.45, 7) is 2.14. The van der Waals surface area contributed by atoms with E-state index in [0.717, 1.165) is 43.4 Å². The number of carbonyl (C=O) groups excluding carboxylic acids is 1. The third kappa shape index (κ3) is 1.88. The lowest BCUT2D eigenvalue weighted by Crippen LogP contribution is -2.51. The molecule has 2 fully saturated rings. The maximum Gasteiger partial charge on any atom is 0.139 e. The molecular weight excluding hydrogens is 302 g/mol. The monoisotopic (exact) mass is 325 g/mol. The summed E-state index contributed by atoms with van der Waals surface area (Å²) in [7, 11) is 1.67. The number of benzene rings is 1. The average molecular weight is 325 g/mol. The Hall–Kier alpha value is -2.00. The first-order chi connectivity index (χ1) is 11.5. The van der Waals surface area contributed by atoms with Gasteiger partial charge >= 0.3 is 0 Å². The molecule has 0 saturated heterocycles. The summed E-state index contributed by atoms with van der Waals surface area (Å²) in [4.78, 5) is 15.7. The van der Waals surface area contributed by atoms with Crippen LogP contribution in [0.3, 0.4) is 0 Å². The van der Waals surface area contributed by atoms with Crippen LogP contribution >= 0.6 is 0 Å². The highest BCUT2D eigenvalue weighted by atomic mass is 16.5. The van der Waals surface area contributed by atoms with E-state index >= 15 is 0 Å². The fraction of sp³-hybridized carbons (Fsp3) is 0.632. The number of hydrogen-bond donors (Lipinski definition) is 0. The molecule has 2 saturated carbocycles. The molecule has 0 amide bonds. The quantitative estimate of drug-likeness (QED) is 0.454. The van der Waals surface area contributed by atoms with Gasteiger partial charge in [0, 0.05) is 16.7 Å². The molecule has 3 aliphatic rings. The lowest BCUT2D eigenvalue weighted by atomic mass is 9.52. The molecule has 126 valence electrons. The summed E-state index contributed by atoms with van der Waals surface area (Å²) in [5.74, 6) is 1.85. The molecule has 0 spiro atoms. The first kappa shape index (κ1) is 15.5. The van der Waals surface area contributed by atoms with E-state index in [1.165, 1.54) is 5.56 Å². The second kappa shape index (κ2) is 5.25. The summed E-state index contributed by atoms with van der Waals surface area (Å²) in [5.41, 5.74) is 11.0. The third-order valence-electron chi connectivity index (χ3n) is 6.99. The number of ether oxygens (including phenoxy) is 1. The van der Waals surface area contributed by atoms with Crippen LogP contribution in [0.15, 0.2) is 23.3 Å². The van der Waals surface area contributed by atoms with Crippen LogP contribution in [0.4, 0.5) is 0 Å². The molecule has 0 heterocycles. The Bertz CT molecular complexity index is 755. The van der Waals surface area contributed by atoms with Gasteiger partial charge in [0.1, 0.15) is 11.5 Å². The van der Waals surface area contributed by atoms with E-state index < -0.39 is 5.54 Å². The van der Waals surface area contributed by atoms with Gasteiger partial charge < -0.3 is 4.74 Å². The normalized spacial score (nSPS) is 37.0. The van der Waals surface area contributed by atoms with Crippen molar-refractivity contribution in [1.82, 2.24) is 0 Å². The molecule has 0 radical (unpaired) electrons. The molecule has 4 rings (SSSR count). The van der Waals surface area contributed by atoms with Crippen molar-refractivity contribution in [2.24, 2.45) is 22.4 Å². The predicted molar refractivity (Wildman–Crippen MR) is 90.7 cm³/mol. The minimum atomic E-state index is -0.497. The molecule has 0 unspecified atom stereocenters. The van der Waals surface area contributed by atoms with Gasteiger partial charge in [0.2, 0.25) is 0 Å². The molecule has 5 heteroatoms. The van der Waals surface area contributed by atoms with Gasteiger partial charge in [0.15, 0.2) is 0 Å². The van der Waals surface area contributed by atoms with Gasteiger partial charge in [-0.2, -0.15) is 0 Å². The molecule has 0 aliphatic heterocycles. The van der Waals surface area contributed by atoms with Crippen LogP contribution in [0.2, 0.25) is 0 Å². The van der Waals surface area contributed by atoms with Crippen LogP contribution in [0.5, 0.6) is 5.75 Å². The molecule has 24 heavy (non-hydrogen) atoms. The number of hydrogen-bond acceptors (Lipinski definition) is 3. The summed E-state index contributed by atoms with van der Waals surface area (Å²) >= 11 is 0. The molecule has 1 aromatic rings. The fourth-order valence-corrected chi connectivity index (χ4v) is 5.71. The zero-order valence-electron chi connectivity index (χ0n) is 14.3. The molecule has 0 aromatic heterocycles. The van der Waals surface area contributed by atoms with Crippen LogP contribution < -0.4 is 4.74 Å². The molecule has 0 bridgehead atoms. The van der Waals surface area contributed by atoms with E-state index in [0.29, 0.717) is 18.1 Å². The van der Waals surface area contributed by atoms with E-state index in [9.17, 15) is 10.3 Å². The van der Waals surface area contributed by atoms with Crippen LogP contribution in [0, 0.1) is 17.3 Å². The summed E-state index contributed by atoms with van der Waals surface area (Å²) < 4.78 is 5.36. The van der Waals surface area contributed by atoms with Crippen molar-refractivity contribution in [2.75, 3.05) is 7.11 Å². The van der Waals surface area contributed by atoms with E-state index in [2.05, 4.69) is 29.1 Å². The average Bonchev–Trinajstić information content (AvgIpc) is 2.90. The number of rotatable bonds is 2. The van der Waals surface area contributed by atoms with Crippen molar-refractivity contribution in [3.05, 3.63) is 39.8 Å². The fourth-order valence-electron chi connectivity index (χ4n) is 5.71. The Morgan fingerprint density at radius 2 is 2.04 bits per heavy atom. The standard InChI is InChI=1S/C19H23N3O2/c1-18-9-10-19(21-22-20)14-6-4-13(24-2)11-12(14)3-5-16(19)15(18)7-8-17(18)23/h4,6,11,15-16H,3,5,7-10H2,1-2H3/t15-,16-,18-,19-/m0/s1. The van der Waals surface area contributed by atoms with Gasteiger partial charge in [-0.3, -0.25) is 4.79 Å². The zero-order valence-corrected chi connectivity index (χ0v) is 14.3. The van der Waals surface area contributed by atoms with Crippen LogP contribution in [0.25, 0.3) is 10.4 Å². The Balaban J connectivity index is 1.86. The zero-order chi connectivity index (χ0) is 16.9. The summed E-state index contributed by atoms with van der Waals surface area (Å²) in [6.07, 6.45) is 5.14. The molecule has 3 aliphatic carbocycles. The molecular formula is C19H23N3O2. The summed E-state index contributed by atoms with van der Waals surface area (Å²) in [5, 5.41) is 4.38. The number of Topliss-reactive ketones (excluding diaryl/α,β-unsaturated/α-hetero) is 1. The lowest BCUT2D eigenvalue weighted by Gasteiger charge is -2.53. The van der Waals surface area contributed by atoms with E-state index in [4.69, 9.17) is 4.74 Å². The van der Waals surface area contributed by atoms with Crippen molar-refractivity contribution in [2.45, 2.75) is 51.0 Å². The molecule has 1 aromatic carbocycles. The summed E-state index contributed by atoms with van der Waals surface area (Å²) in [6, 6.07) is 6.12. The van der Waals surface area contributed by atoms with Crippen molar-refractivity contribution in [1.29, 1.82) is 0 Å². The number of methoxy groups -OCH3 is 1. The minimum absolute atomic E-state index is 0.219. The minimum Gasteiger partial charge on any atom is -0.497 e. The second-order valence-electron chi connectivity index (χ2n) is 7.77. The van der Waals surface area contributed by atoms with E-state index in [-0.39, 0.29) is 11.3 Å². The van der Waals surface area contributed by atoms with Gasteiger partial charge in [-0.25, -0.2) is 0 Å². The number of carbonyl (C=O) groups is 1. The molecule has 5 nitrogen and oxygen atoms in total. The maximum absolute atomic E-state index is 12.5. The number of nitrogens with zero attached hydrogens (tertiary/aromatic N) is 3. The second-order valence-corrected chi connectivity index (χ2v) is 7.77. The SMILES string of the molecule is COc1ccc2c(c1)CC[C@H]1[C@@H]3CCC(=O)[C@@]3(C)CC[C@]21N=[N+]=[N-]. The Kier molecular flexibility index (Phi) is 3.40. The number of aryl methyl sites for hydroxylation is 1. The number of ketones is 1. The van der Waals surface area contributed by atoms with Crippen LogP contribution in [-0.4, -0.2) is 12.9 Å². The number of fused-ring (bicyclic) bond motifs is 5. The van der Waals surface area contributed by atoms with Crippen molar-refractivity contribution < 1.29 is 9.53 Å². The topological polar surface area (TPSA) is 75.1 Å². The van der Waals surface area contributed by atoms with Crippen molar-refractivity contribution >= 4 is 5.78 Å². The highest BCUT2D eigenvalue weighted by Crippen LogP contribution is 2.62. The maximum atomic E-state index is 12.5. The molecule has 4 atom stereocenters. The van der Waals surface area contributed by atoms with E-state index in [1.807, 2.05) is 6.07 Å². The van der Waals surface area contributed by atoms with Crippen molar-refractivity contribution in [3.63, 3.8) is 0 Å². The van der Waals surface area contributed by atoms with E-state index in [1.54, 1.807) is 7.11 Å². The van der Waals surface area contributed by atoms with Gasteiger partial charge in [0.05, 0.1) is 12.6 Å². The van der Waals surface area contributed by atoms with Gasteiger partial charge in [-0.15, -0.1) is 0 Å². The van der Waals surface area contributed by atoms with Crippen LogP contribution in [-0.2, 0) is 16.8 Å². The first-order valence-electron chi connectivity index (χ1n) is 8.82. The smallest absolute Gasteiger partial charge is 0.139 e. The van der Waals surface area contributed by atoms with Crippen LogP contribution in [0.1, 0.15) is 50.2 Å². The number of azide groups is 1. The first-order valence-corrected chi connectivity index (χ1v) is 8.82. The third-order valence-corrected chi connectivity index (χ3v) is 6.99. The van der Waals surface area contributed by atoms with Gasteiger partial charge in [-0.1, -0.05) is 18.1 Å². The Morgan fingerprint density at radius 3 is 2.79 bits per heavy atom. The van der Waals surface area contributed by atoms with Gasteiger partial charge in [0.25, 0.3) is 0 Å². The Morgan fingerprint density at radius 1 is 1.25 bits per heavy atom. The lowest BCUT2D eigenvalue weighted by molar-refractivity contribution is -0.130.